The van der Waals surface area contributed by atoms with Gasteiger partial charge in [-0.2, -0.15) is 0 Å². The summed E-state index contributed by atoms with van der Waals surface area (Å²) >= 11 is 6.24. The number of aryl methyl sites for hydroxylation is 1. The van der Waals surface area contributed by atoms with Gasteiger partial charge in [-0.15, -0.1) is 0 Å². The minimum absolute atomic E-state index is 0.381. The Morgan fingerprint density at radius 3 is 2.69 bits per heavy atom. The summed E-state index contributed by atoms with van der Waals surface area (Å²) in [4.78, 5) is 0. The fraction of sp³-hybridized carbons (Fsp3) is 0.571. The lowest BCUT2D eigenvalue weighted by atomic mass is 9.87. The molecule has 1 unspecified atom stereocenters. The molecule has 1 aromatic carbocycles. The van der Waals surface area contributed by atoms with Crippen molar-refractivity contribution in [2.24, 2.45) is 5.41 Å². The molecule has 16 heavy (non-hydrogen) atoms. The van der Waals surface area contributed by atoms with Crippen molar-refractivity contribution in [1.29, 1.82) is 0 Å². The first-order valence-corrected chi connectivity index (χ1v) is 6.40. The van der Waals surface area contributed by atoms with Crippen molar-refractivity contribution < 1.29 is 0 Å². The highest BCUT2D eigenvalue weighted by Gasteiger charge is 2.34. The molecule has 1 aliphatic carbocycles. The van der Waals surface area contributed by atoms with E-state index in [0.29, 0.717) is 11.5 Å². The van der Waals surface area contributed by atoms with Crippen LogP contribution in [-0.4, -0.2) is 6.04 Å². The smallest absolute Gasteiger partial charge is 0.0640 e. The van der Waals surface area contributed by atoms with Gasteiger partial charge in [-0.25, -0.2) is 0 Å². The number of rotatable bonds is 2. The SMILES string of the molecule is Cc1cccc(Cl)c1NC1CCCC1(C)C. The van der Waals surface area contributed by atoms with E-state index in [1.54, 1.807) is 0 Å². The number of para-hydroxylation sites is 1. The van der Waals surface area contributed by atoms with Gasteiger partial charge in [-0.05, 0) is 36.8 Å². The first kappa shape index (κ1) is 11.8. The van der Waals surface area contributed by atoms with Crippen molar-refractivity contribution in [3.63, 3.8) is 0 Å². The summed E-state index contributed by atoms with van der Waals surface area (Å²) in [6, 6.07) is 6.61. The van der Waals surface area contributed by atoms with E-state index in [4.69, 9.17) is 11.6 Å². The van der Waals surface area contributed by atoms with E-state index < -0.39 is 0 Å². The molecule has 0 bridgehead atoms. The lowest BCUT2D eigenvalue weighted by Gasteiger charge is -2.29. The van der Waals surface area contributed by atoms with Crippen molar-refractivity contribution in [1.82, 2.24) is 0 Å². The summed E-state index contributed by atoms with van der Waals surface area (Å²) in [6.07, 6.45) is 3.86. The van der Waals surface area contributed by atoms with Gasteiger partial charge in [0.05, 0.1) is 10.7 Å². The van der Waals surface area contributed by atoms with Crippen LogP contribution >= 0.6 is 11.6 Å². The topological polar surface area (TPSA) is 12.0 Å². The predicted molar refractivity (Wildman–Crippen MR) is 71.2 cm³/mol. The van der Waals surface area contributed by atoms with Crippen molar-refractivity contribution in [3.8, 4) is 0 Å². The molecular formula is C14H20ClN. The average molecular weight is 238 g/mol. The number of nitrogens with one attached hydrogen (secondary N) is 1. The van der Waals surface area contributed by atoms with E-state index in [-0.39, 0.29) is 0 Å². The van der Waals surface area contributed by atoms with Crippen LogP contribution in [0.1, 0.15) is 38.7 Å². The van der Waals surface area contributed by atoms with Crippen molar-refractivity contribution in [2.75, 3.05) is 5.32 Å². The maximum absolute atomic E-state index is 6.24. The number of halogens is 1. The number of anilines is 1. The Morgan fingerprint density at radius 2 is 2.12 bits per heavy atom. The molecule has 0 heterocycles. The fourth-order valence-electron chi connectivity index (χ4n) is 2.58. The third-order valence-electron chi connectivity index (χ3n) is 3.80. The lowest BCUT2D eigenvalue weighted by Crippen LogP contribution is -2.31. The van der Waals surface area contributed by atoms with Gasteiger partial charge in [0.1, 0.15) is 0 Å². The van der Waals surface area contributed by atoms with Crippen LogP contribution in [0.15, 0.2) is 18.2 Å². The summed E-state index contributed by atoms with van der Waals surface area (Å²) in [5.74, 6) is 0. The van der Waals surface area contributed by atoms with E-state index in [2.05, 4.69) is 32.2 Å². The highest BCUT2D eigenvalue weighted by molar-refractivity contribution is 6.33. The second kappa shape index (κ2) is 4.29. The van der Waals surface area contributed by atoms with E-state index in [9.17, 15) is 0 Å². The number of benzene rings is 1. The zero-order valence-electron chi connectivity index (χ0n) is 10.3. The Balaban J connectivity index is 2.21. The van der Waals surface area contributed by atoms with Gasteiger partial charge in [0, 0.05) is 6.04 Å². The van der Waals surface area contributed by atoms with Gasteiger partial charge >= 0.3 is 0 Å². The van der Waals surface area contributed by atoms with Crippen LogP contribution in [0.3, 0.4) is 0 Å². The summed E-state index contributed by atoms with van der Waals surface area (Å²) in [5, 5.41) is 4.47. The third kappa shape index (κ3) is 2.20. The maximum Gasteiger partial charge on any atom is 0.0640 e. The number of hydrogen-bond acceptors (Lipinski definition) is 1. The van der Waals surface area contributed by atoms with E-state index in [1.165, 1.54) is 24.8 Å². The van der Waals surface area contributed by atoms with Gasteiger partial charge in [0.15, 0.2) is 0 Å². The van der Waals surface area contributed by atoms with Crippen LogP contribution in [0.2, 0.25) is 5.02 Å². The van der Waals surface area contributed by atoms with Crippen LogP contribution in [0, 0.1) is 12.3 Å². The van der Waals surface area contributed by atoms with E-state index in [1.807, 2.05) is 12.1 Å². The summed E-state index contributed by atoms with van der Waals surface area (Å²) in [6.45, 7) is 6.78. The molecule has 0 spiro atoms. The highest BCUT2D eigenvalue weighted by atomic mass is 35.5. The Morgan fingerprint density at radius 1 is 1.38 bits per heavy atom. The molecule has 2 heteroatoms. The van der Waals surface area contributed by atoms with Crippen LogP contribution in [0.25, 0.3) is 0 Å². The Bertz CT molecular complexity index is 364. The van der Waals surface area contributed by atoms with Gasteiger partial charge in [0.25, 0.3) is 0 Å². The molecule has 88 valence electrons. The second-order valence-electron chi connectivity index (χ2n) is 5.51. The molecule has 0 aromatic heterocycles. The van der Waals surface area contributed by atoms with Gasteiger partial charge in [0.2, 0.25) is 0 Å². The van der Waals surface area contributed by atoms with E-state index >= 15 is 0 Å². The maximum atomic E-state index is 6.24. The van der Waals surface area contributed by atoms with Crippen molar-refractivity contribution in [3.05, 3.63) is 28.8 Å². The molecule has 0 saturated heterocycles. The van der Waals surface area contributed by atoms with Crippen LogP contribution < -0.4 is 5.32 Å². The van der Waals surface area contributed by atoms with Gasteiger partial charge in [-0.3, -0.25) is 0 Å². The number of hydrogen-bond donors (Lipinski definition) is 1. The molecule has 1 saturated carbocycles. The Kier molecular flexibility index (Phi) is 3.16. The molecular weight excluding hydrogens is 218 g/mol. The van der Waals surface area contributed by atoms with Crippen LogP contribution in [0.4, 0.5) is 5.69 Å². The third-order valence-corrected chi connectivity index (χ3v) is 4.11. The molecule has 1 N–H and O–H groups in total. The molecule has 2 rings (SSSR count). The summed E-state index contributed by atoms with van der Waals surface area (Å²) in [7, 11) is 0. The molecule has 0 amide bonds. The molecule has 1 aliphatic rings. The second-order valence-corrected chi connectivity index (χ2v) is 5.92. The monoisotopic (exact) mass is 237 g/mol. The van der Waals surface area contributed by atoms with E-state index in [0.717, 1.165) is 10.7 Å². The predicted octanol–water partition coefficient (Wildman–Crippen LogP) is 4.64. The largest absolute Gasteiger partial charge is 0.380 e. The van der Waals surface area contributed by atoms with Crippen LogP contribution in [-0.2, 0) is 0 Å². The van der Waals surface area contributed by atoms with Gasteiger partial charge < -0.3 is 5.32 Å². The van der Waals surface area contributed by atoms with Gasteiger partial charge in [-0.1, -0.05) is 44.0 Å². The van der Waals surface area contributed by atoms with Crippen molar-refractivity contribution in [2.45, 2.75) is 46.1 Å². The molecule has 0 radical (unpaired) electrons. The zero-order chi connectivity index (χ0) is 11.8. The molecule has 1 nitrogen and oxygen atoms in total. The Hall–Kier alpha value is -0.690. The summed E-state index contributed by atoms with van der Waals surface area (Å²) in [5.41, 5.74) is 2.73. The normalized spacial score (nSPS) is 23.4. The average Bonchev–Trinajstić information content (AvgIpc) is 2.52. The van der Waals surface area contributed by atoms with Crippen molar-refractivity contribution >= 4 is 17.3 Å². The quantitative estimate of drug-likeness (QED) is 0.790. The minimum Gasteiger partial charge on any atom is -0.380 e. The first-order chi connectivity index (χ1) is 7.50. The fourth-order valence-corrected chi connectivity index (χ4v) is 2.86. The minimum atomic E-state index is 0.381. The first-order valence-electron chi connectivity index (χ1n) is 6.02. The molecule has 1 aromatic rings. The lowest BCUT2D eigenvalue weighted by molar-refractivity contribution is 0.350. The molecule has 0 aliphatic heterocycles. The highest BCUT2D eigenvalue weighted by Crippen LogP contribution is 2.40. The standard InChI is InChI=1S/C14H20ClN/c1-10-6-4-7-11(15)13(10)16-12-8-5-9-14(12,2)3/h4,6-7,12,16H,5,8-9H2,1-3H3. The zero-order valence-corrected chi connectivity index (χ0v) is 11.1. The molecule has 1 fully saturated rings. The molecule has 1 atom stereocenters. The van der Waals surface area contributed by atoms with Crippen LogP contribution in [0.5, 0.6) is 0 Å². The Labute approximate surface area is 103 Å². The summed E-state index contributed by atoms with van der Waals surface area (Å²) < 4.78 is 0.